The smallest absolute Gasteiger partial charge is 0.310 e. The van der Waals surface area contributed by atoms with E-state index < -0.39 is 17.4 Å². The first-order valence-electron chi connectivity index (χ1n) is 9.12. The van der Waals surface area contributed by atoms with Crippen LogP contribution in [-0.2, 0) is 20.7 Å². The van der Waals surface area contributed by atoms with Crippen molar-refractivity contribution in [3.05, 3.63) is 60.2 Å². The van der Waals surface area contributed by atoms with Crippen molar-refractivity contribution in [3.8, 4) is 17.2 Å². The van der Waals surface area contributed by atoms with E-state index in [2.05, 4.69) is 11.4 Å². The number of carbonyl (C=O) groups excluding carboxylic acids is 2. The number of benzene rings is 2. The van der Waals surface area contributed by atoms with E-state index in [0.29, 0.717) is 12.8 Å². The summed E-state index contributed by atoms with van der Waals surface area (Å²) in [6.07, 6.45) is 3.25. The molecule has 3 rings (SSSR count). The number of carbonyl (C=O) groups is 2. The number of rotatable bonds is 6. The minimum absolute atomic E-state index is 0.103. The van der Waals surface area contributed by atoms with E-state index in [1.165, 1.54) is 0 Å². The van der Waals surface area contributed by atoms with Gasteiger partial charge in [-0.05, 0) is 42.4 Å². The van der Waals surface area contributed by atoms with Crippen LogP contribution in [0.15, 0.2) is 54.6 Å². The summed E-state index contributed by atoms with van der Waals surface area (Å²) in [6.45, 7) is -0.357. The van der Waals surface area contributed by atoms with E-state index >= 15 is 0 Å². The fraction of sp³-hybridized carbons (Fsp3) is 0.318. The van der Waals surface area contributed by atoms with Gasteiger partial charge in [0, 0.05) is 0 Å². The van der Waals surface area contributed by atoms with Gasteiger partial charge in [0.05, 0.1) is 12.5 Å². The molecule has 138 valence electrons. The van der Waals surface area contributed by atoms with E-state index in [9.17, 15) is 14.9 Å². The molecule has 5 nitrogen and oxygen atoms in total. The third-order valence-electron chi connectivity index (χ3n) is 4.82. The van der Waals surface area contributed by atoms with Crippen LogP contribution < -0.4 is 5.32 Å². The van der Waals surface area contributed by atoms with Crippen LogP contribution in [0.3, 0.4) is 0 Å². The lowest BCUT2D eigenvalue weighted by Gasteiger charge is -2.21. The molecule has 2 aromatic rings. The third kappa shape index (κ3) is 4.95. The fourth-order valence-electron chi connectivity index (χ4n) is 3.36. The van der Waals surface area contributed by atoms with Crippen molar-refractivity contribution in [1.29, 1.82) is 5.26 Å². The highest BCUT2D eigenvalue weighted by atomic mass is 16.5. The third-order valence-corrected chi connectivity index (χ3v) is 4.82. The molecule has 0 atom stereocenters. The van der Waals surface area contributed by atoms with Gasteiger partial charge < -0.3 is 10.1 Å². The van der Waals surface area contributed by atoms with E-state index in [4.69, 9.17) is 4.74 Å². The Morgan fingerprint density at radius 1 is 1.00 bits per heavy atom. The Morgan fingerprint density at radius 3 is 2.26 bits per heavy atom. The van der Waals surface area contributed by atoms with Gasteiger partial charge in [0.2, 0.25) is 0 Å². The Hall–Kier alpha value is -3.13. The first-order valence-corrected chi connectivity index (χ1v) is 9.12. The van der Waals surface area contributed by atoms with Gasteiger partial charge in [-0.1, -0.05) is 54.6 Å². The molecule has 0 saturated heterocycles. The SMILES string of the molecule is N#CC1(NC(=O)COC(=O)Cc2ccc(-c3ccccc3)cc2)CCCC1. The van der Waals surface area contributed by atoms with Crippen LogP contribution in [0, 0.1) is 11.3 Å². The van der Waals surface area contributed by atoms with E-state index in [1.54, 1.807) is 0 Å². The quantitative estimate of drug-likeness (QED) is 0.799. The zero-order valence-electron chi connectivity index (χ0n) is 15.1. The van der Waals surface area contributed by atoms with Crippen LogP contribution in [0.25, 0.3) is 11.1 Å². The molecule has 1 fully saturated rings. The van der Waals surface area contributed by atoms with E-state index in [0.717, 1.165) is 29.5 Å². The van der Waals surface area contributed by atoms with Crippen LogP contribution in [0.2, 0.25) is 0 Å². The van der Waals surface area contributed by atoms with Crippen LogP contribution in [-0.4, -0.2) is 24.0 Å². The molecular weight excluding hydrogens is 340 g/mol. The minimum atomic E-state index is -0.795. The summed E-state index contributed by atoms with van der Waals surface area (Å²) < 4.78 is 5.06. The van der Waals surface area contributed by atoms with Gasteiger partial charge in [0.25, 0.3) is 5.91 Å². The molecule has 1 aliphatic carbocycles. The highest BCUT2D eigenvalue weighted by Crippen LogP contribution is 2.28. The monoisotopic (exact) mass is 362 g/mol. The second-order valence-electron chi connectivity index (χ2n) is 6.85. The van der Waals surface area contributed by atoms with Gasteiger partial charge in [0.1, 0.15) is 5.54 Å². The number of amides is 1. The van der Waals surface area contributed by atoms with Crippen LogP contribution in [0.5, 0.6) is 0 Å². The molecule has 0 aliphatic heterocycles. The standard InChI is InChI=1S/C22H22N2O3/c23-16-22(12-4-5-13-22)24-20(25)15-27-21(26)14-17-8-10-19(11-9-17)18-6-2-1-3-7-18/h1-3,6-11H,4-5,12-15H2,(H,24,25). The summed E-state index contributed by atoms with van der Waals surface area (Å²) in [4.78, 5) is 24.0. The molecule has 1 N–H and O–H groups in total. The fourth-order valence-corrected chi connectivity index (χ4v) is 3.36. The summed E-state index contributed by atoms with van der Waals surface area (Å²) in [5, 5.41) is 12.0. The molecule has 1 aliphatic rings. The normalized spacial score (nSPS) is 14.9. The van der Waals surface area contributed by atoms with Gasteiger partial charge in [-0.25, -0.2) is 0 Å². The molecule has 1 amide bonds. The largest absolute Gasteiger partial charge is 0.455 e. The highest BCUT2D eigenvalue weighted by molar-refractivity contribution is 5.82. The Balaban J connectivity index is 1.48. The lowest BCUT2D eigenvalue weighted by Crippen LogP contribution is -2.46. The van der Waals surface area contributed by atoms with Crippen molar-refractivity contribution in [2.75, 3.05) is 6.61 Å². The Kier molecular flexibility index (Phi) is 5.87. The molecule has 2 aromatic carbocycles. The average molecular weight is 362 g/mol. The Bertz CT molecular complexity index is 832. The number of ether oxygens (including phenoxy) is 1. The second kappa shape index (κ2) is 8.50. The molecule has 0 radical (unpaired) electrons. The van der Waals surface area contributed by atoms with Gasteiger partial charge >= 0.3 is 5.97 Å². The van der Waals surface area contributed by atoms with E-state index in [1.807, 2.05) is 54.6 Å². The maximum absolute atomic E-state index is 12.0. The van der Waals surface area contributed by atoms with Crippen LogP contribution >= 0.6 is 0 Å². The number of hydrogen-bond donors (Lipinski definition) is 1. The number of hydrogen-bond acceptors (Lipinski definition) is 4. The Labute approximate surface area is 159 Å². The lowest BCUT2D eigenvalue weighted by atomic mass is 10.00. The molecule has 27 heavy (non-hydrogen) atoms. The van der Waals surface area contributed by atoms with Crippen molar-refractivity contribution in [2.24, 2.45) is 0 Å². The molecule has 1 saturated carbocycles. The lowest BCUT2D eigenvalue weighted by molar-refractivity contribution is -0.148. The van der Waals surface area contributed by atoms with Gasteiger partial charge in [-0.2, -0.15) is 5.26 Å². The summed E-state index contributed by atoms with van der Waals surface area (Å²) in [5.41, 5.74) is 2.22. The number of nitrogens with one attached hydrogen (secondary N) is 1. The zero-order chi connectivity index (χ0) is 19.1. The average Bonchev–Trinajstić information content (AvgIpc) is 3.17. The zero-order valence-corrected chi connectivity index (χ0v) is 15.1. The number of nitrogens with zero attached hydrogens (tertiary/aromatic N) is 1. The predicted octanol–water partition coefficient (Wildman–Crippen LogP) is 3.39. The summed E-state index contributed by atoms with van der Waals surface area (Å²) >= 11 is 0. The molecular formula is C22H22N2O3. The van der Waals surface area contributed by atoms with Crippen molar-refractivity contribution >= 4 is 11.9 Å². The van der Waals surface area contributed by atoms with Crippen molar-refractivity contribution < 1.29 is 14.3 Å². The molecule has 0 bridgehead atoms. The molecule has 0 spiro atoms. The van der Waals surface area contributed by atoms with E-state index in [-0.39, 0.29) is 13.0 Å². The first kappa shape index (κ1) is 18.7. The van der Waals surface area contributed by atoms with Crippen molar-refractivity contribution in [1.82, 2.24) is 5.32 Å². The summed E-state index contributed by atoms with van der Waals surface area (Å²) in [5.74, 6) is -0.888. The highest BCUT2D eigenvalue weighted by Gasteiger charge is 2.35. The minimum Gasteiger partial charge on any atom is -0.455 e. The number of nitriles is 1. The number of esters is 1. The predicted molar refractivity (Wildman–Crippen MR) is 101 cm³/mol. The molecule has 5 heteroatoms. The maximum Gasteiger partial charge on any atom is 0.310 e. The summed E-state index contributed by atoms with van der Waals surface area (Å²) in [6, 6.07) is 19.8. The van der Waals surface area contributed by atoms with Crippen LogP contribution in [0.1, 0.15) is 31.2 Å². The van der Waals surface area contributed by atoms with Gasteiger partial charge in [0.15, 0.2) is 6.61 Å². The maximum atomic E-state index is 12.0. The van der Waals surface area contributed by atoms with Gasteiger partial charge in [-0.3, -0.25) is 9.59 Å². The van der Waals surface area contributed by atoms with Crippen LogP contribution in [0.4, 0.5) is 0 Å². The molecule has 0 heterocycles. The molecule has 0 unspecified atom stereocenters. The first-order chi connectivity index (χ1) is 13.1. The van der Waals surface area contributed by atoms with Gasteiger partial charge in [-0.15, -0.1) is 0 Å². The second-order valence-corrected chi connectivity index (χ2v) is 6.85. The van der Waals surface area contributed by atoms with Crippen molar-refractivity contribution in [2.45, 2.75) is 37.6 Å². The Morgan fingerprint density at radius 2 is 1.63 bits per heavy atom. The topological polar surface area (TPSA) is 79.2 Å². The summed E-state index contributed by atoms with van der Waals surface area (Å²) in [7, 11) is 0. The molecule has 0 aromatic heterocycles. The van der Waals surface area contributed by atoms with Crippen molar-refractivity contribution in [3.63, 3.8) is 0 Å².